The van der Waals surface area contributed by atoms with Crippen LogP contribution in [-0.4, -0.2) is 29.5 Å². The molecule has 0 fully saturated rings. The van der Waals surface area contributed by atoms with Crippen molar-refractivity contribution in [3.05, 3.63) is 59.4 Å². The average molecular weight is 281 g/mol. The lowest BCUT2D eigenvalue weighted by atomic mass is 9.97. The van der Waals surface area contributed by atoms with Gasteiger partial charge in [-0.3, -0.25) is 9.98 Å². The van der Waals surface area contributed by atoms with Gasteiger partial charge >= 0.3 is 0 Å². The van der Waals surface area contributed by atoms with Gasteiger partial charge in [-0.1, -0.05) is 6.07 Å². The largest absolute Gasteiger partial charge is 0.504 e. The number of phenols is 1. The van der Waals surface area contributed by atoms with Gasteiger partial charge in [-0.05, 0) is 24.3 Å². The molecule has 21 heavy (non-hydrogen) atoms. The highest BCUT2D eigenvalue weighted by molar-refractivity contribution is 6.17. The van der Waals surface area contributed by atoms with Crippen molar-refractivity contribution in [2.45, 2.75) is 0 Å². The average Bonchev–Trinajstić information content (AvgIpc) is 2.68. The molecule has 3 N–H and O–H groups in total. The monoisotopic (exact) mass is 281 g/mol. The summed E-state index contributed by atoms with van der Waals surface area (Å²) in [4.78, 5) is 8.65. The van der Waals surface area contributed by atoms with E-state index in [9.17, 15) is 5.11 Å². The molecule has 1 aliphatic heterocycles. The zero-order chi connectivity index (χ0) is 14.8. The molecule has 0 aliphatic carbocycles. The van der Waals surface area contributed by atoms with Gasteiger partial charge in [0.25, 0.3) is 0 Å². The molecule has 3 rings (SSSR count). The maximum absolute atomic E-state index is 10.4. The van der Waals surface area contributed by atoms with Crippen LogP contribution in [0, 0.1) is 0 Å². The number of pyridine rings is 1. The van der Waals surface area contributed by atoms with E-state index in [-0.39, 0.29) is 5.75 Å². The van der Waals surface area contributed by atoms with Crippen molar-refractivity contribution in [2.24, 2.45) is 10.7 Å². The predicted octanol–water partition coefficient (Wildman–Crippen LogP) is 1.95. The first-order valence-corrected chi connectivity index (χ1v) is 6.53. The smallest absolute Gasteiger partial charge is 0.167 e. The summed E-state index contributed by atoms with van der Waals surface area (Å²) in [5, 5.41) is 10.4. The first-order valence-electron chi connectivity index (χ1n) is 6.53. The van der Waals surface area contributed by atoms with E-state index >= 15 is 0 Å². The fourth-order valence-corrected chi connectivity index (χ4v) is 2.37. The summed E-state index contributed by atoms with van der Waals surface area (Å²) >= 11 is 0. The number of methoxy groups -OCH3 is 1. The number of fused-ring (bicyclic) bond motifs is 1. The Morgan fingerprint density at radius 3 is 2.86 bits per heavy atom. The van der Waals surface area contributed by atoms with Gasteiger partial charge in [-0.15, -0.1) is 0 Å². The Morgan fingerprint density at radius 2 is 2.05 bits per heavy atom. The second kappa shape index (κ2) is 5.28. The van der Waals surface area contributed by atoms with Crippen molar-refractivity contribution in [2.75, 3.05) is 13.7 Å². The number of aromatic hydroxyl groups is 1. The van der Waals surface area contributed by atoms with Crippen LogP contribution in [0.3, 0.4) is 0 Å². The molecule has 0 amide bonds. The second-order valence-corrected chi connectivity index (χ2v) is 4.63. The number of para-hydroxylation sites is 1. The number of aromatic nitrogens is 1. The third-order valence-corrected chi connectivity index (χ3v) is 3.42. The minimum absolute atomic E-state index is 0.0713. The number of hydrogen-bond donors (Lipinski definition) is 2. The van der Waals surface area contributed by atoms with Crippen LogP contribution in [0.25, 0.3) is 5.70 Å². The Hall–Kier alpha value is -2.82. The third kappa shape index (κ3) is 2.23. The van der Waals surface area contributed by atoms with Crippen molar-refractivity contribution in [1.82, 2.24) is 4.98 Å². The molecule has 2 aromatic rings. The highest BCUT2D eigenvalue weighted by atomic mass is 16.5. The molecule has 0 spiro atoms. The van der Waals surface area contributed by atoms with E-state index in [4.69, 9.17) is 10.5 Å². The van der Waals surface area contributed by atoms with Gasteiger partial charge < -0.3 is 15.6 Å². The molecule has 5 heteroatoms. The van der Waals surface area contributed by atoms with E-state index in [1.807, 2.05) is 24.3 Å². The van der Waals surface area contributed by atoms with Crippen molar-refractivity contribution in [3.8, 4) is 11.5 Å². The number of rotatable bonds is 2. The van der Waals surface area contributed by atoms with E-state index < -0.39 is 0 Å². The SMILES string of the molecule is COc1cccc(C2=NCC=C(N)c3cnccc32)c1O. The van der Waals surface area contributed by atoms with Crippen LogP contribution in [-0.2, 0) is 0 Å². The van der Waals surface area contributed by atoms with Gasteiger partial charge in [0.2, 0.25) is 0 Å². The predicted molar refractivity (Wildman–Crippen MR) is 81.6 cm³/mol. The number of ether oxygens (including phenoxy) is 1. The van der Waals surface area contributed by atoms with Crippen LogP contribution < -0.4 is 10.5 Å². The molecule has 1 aromatic heterocycles. The number of phenolic OH excluding ortho intramolecular Hbond substituents is 1. The molecule has 0 unspecified atom stereocenters. The van der Waals surface area contributed by atoms with Gasteiger partial charge in [-0.25, -0.2) is 0 Å². The van der Waals surface area contributed by atoms with Crippen LogP contribution in [0.5, 0.6) is 11.5 Å². The number of nitrogens with two attached hydrogens (primary N) is 1. The second-order valence-electron chi connectivity index (χ2n) is 4.63. The molecule has 106 valence electrons. The quantitative estimate of drug-likeness (QED) is 0.881. The van der Waals surface area contributed by atoms with Crippen molar-refractivity contribution < 1.29 is 9.84 Å². The molecule has 0 atom stereocenters. The van der Waals surface area contributed by atoms with Crippen molar-refractivity contribution in [1.29, 1.82) is 0 Å². The Bertz CT molecular complexity index is 751. The molecule has 5 nitrogen and oxygen atoms in total. The number of hydrogen-bond acceptors (Lipinski definition) is 5. The van der Waals surface area contributed by atoms with Crippen molar-refractivity contribution >= 4 is 11.4 Å². The summed E-state index contributed by atoms with van der Waals surface area (Å²) in [5.74, 6) is 0.484. The lowest BCUT2D eigenvalue weighted by Gasteiger charge is -2.13. The summed E-state index contributed by atoms with van der Waals surface area (Å²) < 4.78 is 5.16. The summed E-state index contributed by atoms with van der Waals surface area (Å²) in [6.07, 6.45) is 5.23. The highest BCUT2D eigenvalue weighted by Gasteiger charge is 2.19. The van der Waals surface area contributed by atoms with Gasteiger partial charge in [0.1, 0.15) is 0 Å². The Balaban J connectivity index is 2.21. The molecule has 0 saturated carbocycles. The van der Waals surface area contributed by atoms with Gasteiger partial charge in [-0.2, -0.15) is 0 Å². The first-order chi connectivity index (χ1) is 10.2. The summed E-state index contributed by atoms with van der Waals surface area (Å²) in [6.45, 7) is 0.451. The Morgan fingerprint density at radius 1 is 1.19 bits per heavy atom. The maximum atomic E-state index is 10.4. The lowest BCUT2D eigenvalue weighted by molar-refractivity contribution is 0.373. The summed E-state index contributed by atoms with van der Waals surface area (Å²) in [5.41, 5.74) is 9.64. The standard InChI is InChI=1S/C16H15N3O2/c1-21-14-4-2-3-11(16(14)20)15-10-5-7-18-9-12(10)13(17)6-8-19-15/h2-7,9,20H,8,17H2,1H3. The molecule has 1 aliphatic rings. The first kappa shape index (κ1) is 13.2. The lowest BCUT2D eigenvalue weighted by Crippen LogP contribution is -2.09. The fraction of sp³-hybridized carbons (Fsp3) is 0.125. The molecule has 0 saturated heterocycles. The van der Waals surface area contributed by atoms with E-state index in [2.05, 4.69) is 9.98 Å². The Kier molecular flexibility index (Phi) is 3.31. The zero-order valence-corrected chi connectivity index (χ0v) is 11.6. The molecule has 0 bridgehead atoms. The van der Waals surface area contributed by atoms with E-state index in [1.165, 1.54) is 7.11 Å². The normalized spacial score (nSPS) is 13.8. The van der Waals surface area contributed by atoms with Crippen LogP contribution >= 0.6 is 0 Å². The van der Waals surface area contributed by atoms with Gasteiger partial charge in [0.15, 0.2) is 11.5 Å². The maximum Gasteiger partial charge on any atom is 0.167 e. The van der Waals surface area contributed by atoms with E-state index in [0.717, 1.165) is 11.1 Å². The van der Waals surface area contributed by atoms with Crippen LogP contribution in [0.4, 0.5) is 0 Å². The van der Waals surface area contributed by atoms with Crippen LogP contribution in [0.2, 0.25) is 0 Å². The topological polar surface area (TPSA) is 80.7 Å². The van der Waals surface area contributed by atoms with Crippen molar-refractivity contribution in [3.63, 3.8) is 0 Å². The summed E-state index contributed by atoms with van der Waals surface area (Å²) in [6, 6.07) is 7.18. The fourth-order valence-electron chi connectivity index (χ4n) is 2.37. The molecular weight excluding hydrogens is 266 g/mol. The van der Waals surface area contributed by atoms with Gasteiger partial charge in [0.05, 0.1) is 19.4 Å². The molecular formula is C16H15N3O2. The van der Waals surface area contributed by atoms with Gasteiger partial charge in [0, 0.05) is 34.8 Å². The number of nitrogens with zero attached hydrogens (tertiary/aromatic N) is 2. The minimum atomic E-state index is 0.0713. The highest BCUT2D eigenvalue weighted by Crippen LogP contribution is 2.33. The molecule has 1 aromatic carbocycles. The minimum Gasteiger partial charge on any atom is -0.504 e. The Labute approximate surface area is 122 Å². The van der Waals surface area contributed by atoms with Crippen LogP contribution in [0.15, 0.2) is 47.7 Å². The summed E-state index contributed by atoms with van der Waals surface area (Å²) in [7, 11) is 1.52. The number of benzene rings is 1. The molecule has 2 heterocycles. The van der Waals surface area contributed by atoms with E-state index in [0.29, 0.717) is 29.3 Å². The van der Waals surface area contributed by atoms with Crippen LogP contribution in [0.1, 0.15) is 16.7 Å². The third-order valence-electron chi connectivity index (χ3n) is 3.42. The molecule has 0 radical (unpaired) electrons. The van der Waals surface area contributed by atoms with E-state index in [1.54, 1.807) is 18.5 Å². The number of aliphatic imine (C=N–C) groups is 1. The zero-order valence-electron chi connectivity index (χ0n) is 11.6.